The highest BCUT2D eigenvalue weighted by molar-refractivity contribution is 6.32. The number of carbonyl (C=O) groups is 2. The van der Waals surface area contributed by atoms with Gasteiger partial charge in [0.2, 0.25) is 11.8 Å². The number of benzene rings is 1. The largest absolute Gasteiger partial charge is 0.493 e. The number of carbonyl (C=O) groups excluding carboxylic acids is 2. The first-order chi connectivity index (χ1) is 10.5. The summed E-state index contributed by atoms with van der Waals surface area (Å²) in [5, 5.41) is 5.44. The Morgan fingerprint density at radius 1 is 1.26 bits per heavy atom. The molecule has 0 radical (unpaired) electrons. The van der Waals surface area contributed by atoms with Crippen molar-refractivity contribution in [1.82, 2.24) is 10.6 Å². The van der Waals surface area contributed by atoms with Gasteiger partial charge in [-0.1, -0.05) is 11.6 Å². The quantitative estimate of drug-likeness (QED) is 0.633. The predicted octanol–water partition coefficient (Wildman–Crippen LogP) is 0.860. The molecule has 0 saturated carbocycles. The second kappa shape index (κ2) is 10.9. The van der Waals surface area contributed by atoms with Crippen molar-refractivity contribution in [1.29, 1.82) is 0 Å². The van der Waals surface area contributed by atoms with Gasteiger partial charge in [0.1, 0.15) is 0 Å². The third kappa shape index (κ3) is 6.94. The maximum absolute atomic E-state index is 11.6. The molecule has 1 rings (SSSR count). The van der Waals surface area contributed by atoms with Crippen molar-refractivity contribution in [3.05, 3.63) is 22.7 Å². The fourth-order valence-corrected chi connectivity index (χ4v) is 1.96. The van der Waals surface area contributed by atoms with Crippen LogP contribution in [0.4, 0.5) is 0 Å². The first kappa shape index (κ1) is 21.3. The van der Waals surface area contributed by atoms with E-state index >= 15 is 0 Å². The average Bonchev–Trinajstić information content (AvgIpc) is 2.52. The van der Waals surface area contributed by atoms with E-state index in [9.17, 15) is 9.59 Å². The summed E-state index contributed by atoms with van der Waals surface area (Å²) in [6.07, 6.45) is 0. The Bertz CT molecular complexity index is 541. The molecule has 23 heavy (non-hydrogen) atoms. The van der Waals surface area contributed by atoms with Crippen molar-refractivity contribution >= 4 is 35.8 Å². The van der Waals surface area contributed by atoms with Crippen LogP contribution in [-0.2, 0) is 16.1 Å². The number of rotatable bonds is 8. The Kier molecular flexibility index (Phi) is 10.1. The number of methoxy groups -OCH3 is 1. The predicted molar refractivity (Wildman–Crippen MR) is 90.3 cm³/mol. The Balaban J connectivity index is 0.00000484. The third-order valence-corrected chi connectivity index (χ3v) is 2.98. The van der Waals surface area contributed by atoms with Gasteiger partial charge in [-0.2, -0.15) is 0 Å². The van der Waals surface area contributed by atoms with Crippen LogP contribution in [0.15, 0.2) is 12.1 Å². The summed E-state index contributed by atoms with van der Waals surface area (Å²) >= 11 is 6.14. The summed E-state index contributed by atoms with van der Waals surface area (Å²) in [4.78, 5) is 22.5. The minimum absolute atomic E-state index is 0. The molecule has 0 unspecified atom stereocenters. The lowest BCUT2D eigenvalue weighted by Crippen LogP contribution is -2.39. The molecule has 0 saturated heterocycles. The topological polar surface area (TPSA) is 103 Å². The number of hydrogen-bond donors (Lipinski definition) is 3. The number of ether oxygens (including phenoxy) is 2. The van der Waals surface area contributed by atoms with Gasteiger partial charge < -0.3 is 25.8 Å². The number of halogens is 2. The second-order valence-corrected chi connectivity index (χ2v) is 4.71. The normalized spacial score (nSPS) is 9.57. The van der Waals surface area contributed by atoms with Crippen molar-refractivity contribution < 1.29 is 19.1 Å². The summed E-state index contributed by atoms with van der Waals surface area (Å²) in [6, 6.07) is 3.42. The van der Waals surface area contributed by atoms with E-state index < -0.39 is 0 Å². The fraction of sp³-hybridized carbons (Fsp3) is 0.429. The minimum atomic E-state index is -0.388. The molecule has 2 amide bonds. The van der Waals surface area contributed by atoms with Gasteiger partial charge in [-0.05, 0) is 24.6 Å². The second-order valence-electron chi connectivity index (χ2n) is 4.30. The molecule has 0 aliphatic rings. The molecular weight excluding hydrogens is 345 g/mol. The van der Waals surface area contributed by atoms with Crippen LogP contribution < -0.4 is 25.8 Å². The monoisotopic (exact) mass is 365 g/mol. The molecule has 0 aliphatic heterocycles. The van der Waals surface area contributed by atoms with Gasteiger partial charge >= 0.3 is 0 Å². The molecule has 130 valence electrons. The highest BCUT2D eigenvalue weighted by Gasteiger charge is 2.12. The summed E-state index contributed by atoms with van der Waals surface area (Å²) in [6.45, 7) is 2.28. The van der Waals surface area contributed by atoms with E-state index in [0.29, 0.717) is 23.1 Å². The molecule has 0 spiro atoms. The van der Waals surface area contributed by atoms with E-state index in [1.165, 1.54) is 7.11 Å². The molecule has 0 heterocycles. The van der Waals surface area contributed by atoms with Gasteiger partial charge in [-0.3, -0.25) is 9.59 Å². The molecule has 7 nitrogen and oxygen atoms in total. The molecular formula is C14H21Cl2N3O4. The first-order valence-corrected chi connectivity index (χ1v) is 7.12. The molecule has 0 atom stereocenters. The van der Waals surface area contributed by atoms with Crippen molar-refractivity contribution in [2.24, 2.45) is 5.73 Å². The number of amides is 2. The van der Waals surface area contributed by atoms with Crippen molar-refractivity contribution in [3.8, 4) is 11.5 Å². The van der Waals surface area contributed by atoms with E-state index in [2.05, 4.69) is 10.6 Å². The van der Waals surface area contributed by atoms with Crippen LogP contribution >= 0.6 is 24.0 Å². The highest BCUT2D eigenvalue weighted by Crippen LogP contribution is 2.36. The van der Waals surface area contributed by atoms with E-state index in [1.807, 2.05) is 6.92 Å². The Hall–Kier alpha value is -1.70. The van der Waals surface area contributed by atoms with Crippen LogP contribution in [0.3, 0.4) is 0 Å². The molecule has 1 aromatic rings. The summed E-state index contributed by atoms with van der Waals surface area (Å²) in [5.74, 6) is 0.249. The van der Waals surface area contributed by atoms with E-state index in [4.69, 9.17) is 26.8 Å². The Morgan fingerprint density at radius 3 is 2.52 bits per heavy atom. The van der Waals surface area contributed by atoms with Gasteiger partial charge in [0, 0.05) is 6.54 Å². The van der Waals surface area contributed by atoms with Crippen LogP contribution in [0.5, 0.6) is 11.5 Å². The zero-order chi connectivity index (χ0) is 16.5. The lowest BCUT2D eigenvalue weighted by Gasteiger charge is -2.13. The maximum atomic E-state index is 11.6. The van der Waals surface area contributed by atoms with Crippen LogP contribution in [0.1, 0.15) is 12.5 Å². The minimum Gasteiger partial charge on any atom is -0.493 e. The van der Waals surface area contributed by atoms with Crippen molar-refractivity contribution in [3.63, 3.8) is 0 Å². The lowest BCUT2D eigenvalue weighted by molar-refractivity contribution is -0.125. The van der Waals surface area contributed by atoms with Crippen LogP contribution in [0.25, 0.3) is 0 Å². The SMILES string of the molecule is CCOc1c(Cl)cc(CNC(=O)CNC(=O)CN)cc1OC.Cl. The third-order valence-electron chi connectivity index (χ3n) is 2.70. The van der Waals surface area contributed by atoms with Crippen LogP contribution in [-0.4, -0.2) is 38.6 Å². The van der Waals surface area contributed by atoms with Gasteiger partial charge in [-0.15, -0.1) is 12.4 Å². The summed E-state index contributed by atoms with van der Waals surface area (Å²) in [7, 11) is 1.51. The molecule has 0 aliphatic carbocycles. The zero-order valence-electron chi connectivity index (χ0n) is 13.0. The molecule has 4 N–H and O–H groups in total. The average molecular weight is 366 g/mol. The van der Waals surface area contributed by atoms with Gasteiger partial charge in [-0.25, -0.2) is 0 Å². The molecule has 0 aromatic heterocycles. The standard InChI is InChI=1S/C14H20ClN3O4.ClH/c1-3-22-14-10(15)4-9(5-11(14)21-2)7-17-13(20)8-18-12(19)6-16;/h4-5H,3,6-8,16H2,1-2H3,(H,17,20)(H,18,19);1H. The molecule has 0 fully saturated rings. The fourth-order valence-electron chi connectivity index (χ4n) is 1.67. The summed E-state index contributed by atoms with van der Waals surface area (Å²) in [5.41, 5.74) is 5.88. The first-order valence-electron chi connectivity index (χ1n) is 6.74. The molecule has 1 aromatic carbocycles. The maximum Gasteiger partial charge on any atom is 0.239 e. The Morgan fingerprint density at radius 2 is 1.96 bits per heavy atom. The molecule has 9 heteroatoms. The lowest BCUT2D eigenvalue weighted by atomic mass is 10.2. The zero-order valence-corrected chi connectivity index (χ0v) is 14.6. The Labute approximate surface area is 146 Å². The van der Waals surface area contributed by atoms with Crippen molar-refractivity contribution in [2.75, 3.05) is 26.8 Å². The number of nitrogens with one attached hydrogen (secondary N) is 2. The van der Waals surface area contributed by atoms with E-state index in [0.717, 1.165) is 5.56 Å². The smallest absolute Gasteiger partial charge is 0.239 e. The van der Waals surface area contributed by atoms with E-state index in [1.54, 1.807) is 12.1 Å². The number of hydrogen-bond acceptors (Lipinski definition) is 5. The van der Waals surface area contributed by atoms with E-state index in [-0.39, 0.29) is 43.9 Å². The highest BCUT2D eigenvalue weighted by atomic mass is 35.5. The summed E-state index contributed by atoms with van der Waals surface area (Å²) < 4.78 is 10.6. The van der Waals surface area contributed by atoms with Gasteiger partial charge in [0.15, 0.2) is 11.5 Å². The molecule has 0 bridgehead atoms. The van der Waals surface area contributed by atoms with Gasteiger partial charge in [0.25, 0.3) is 0 Å². The van der Waals surface area contributed by atoms with Crippen LogP contribution in [0.2, 0.25) is 5.02 Å². The van der Waals surface area contributed by atoms with Crippen molar-refractivity contribution in [2.45, 2.75) is 13.5 Å². The number of nitrogens with two attached hydrogens (primary N) is 1. The van der Waals surface area contributed by atoms with Gasteiger partial charge in [0.05, 0.1) is 31.8 Å². The van der Waals surface area contributed by atoms with Crippen LogP contribution in [0, 0.1) is 0 Å².